The first-order chi connectivity index (χ1) is 6.19. The highest BCUT2D eigenvalue weighted by atomic mass is 16.5. The molecule has 0 radical (unpaired) electrons. The highest BCUT2D eigenvalue weighted by molar-refractivity contribution is 5.30. The zero-order chi connectivity index (χ0) is 9.84. The zero-order valence-electron chi connectivity index (χ0n) is 8.37. The molecule has 13 heavy (non-hydrogen) atoms. The van der Waals surface area contributed by atoms with E-state index in [1.165, 1.54) is 0 Å². The van der Waals surface area contributed by atoms with Crippen molar-refractivity contribution in [1.82, 2.24) is 4.98 Å². The summed E-state index contributed by atoms with van der Waals surface area (Å²) in [5, 5.41) is 0. The largest absolute Gasteiger partial charge is 0.481 e. The number of aryl methyl sites for hydroxylation is 1. The van der Waals surface area contributed by atoms with Gasteiger partial charge in [0.1, 0.15) is 0 Å². The van der Waals surface area contributed by atoms with Crippen LogP contribution in [0, 0.1) is 6.92 Å². The van der Waals surface area contributed by atoms with E-state index in [0.29, 0.717) is 5.88 Å². The van der Waals surface area contributed by atoms with Gasteiger partial charge >= 0.3 is 0 Å². The molecule has 0 aromatic carbocycles. The molecular formula is C10H16N2O. The maximum Gasteiger partial charge on any atom is 0.213 e. The predicted octanol–water partition coefficient (Wildman–Crippen LogP) is 1.81. The molecule has 2 N–H and O–H groups in total. The average Bonchev–Trinajstić information content (AvgIpc) is 2.16. The maximum absolute atomic E-state index is 5.91. The molecule has 1 heterocycles. The zero-order valence-corrected chi connectivity index (χ0v) is 8.37. The minimum absolute atomic E-state index is 0.0819. The van der Waals surface area contributed by atoms with E-state index in [1.807, 2.05) is 13.0 Å². The molecule has 0 saturated carbocycles. The van der Waals surface area contributed by atoms with Crippen LogP contribution in [0.1, 0.15) is 30.5 Å². The lowest BCUT2D eigenvalue weighted by molar-refractivity contribution is 0.397. The van der Waals surface area contributed by atoms with E-state index in [4.69, 9.17) is 10.5 Å². The molecule has 3 heteroatoms. The smallest absolute Gasteiger partial charge is 0.213 e. The van der Waals surface area contributed by atoms with Crippen molar-refractivity contribution in [3.8, 4) is 5.88 Å². The molecule has 0 aliphatic rings. The summed E-state index contributed by atoms with van der Waals surface area (Å²) in [6, 6.07) is 1.99. The Bertz CT molecular complexity index is 286. The van der Waals surface area contributed by atoms with Crippen molar-refractivity contribution >= 4 is 0 Å². The van der Waals surface area contributed by atoms with Crippen molar-refractivity contribution in [2.24, 2.45) is 5.73 Å². The first-order valence-corrected chi connectivity index (χ1v) is 4.45. The molecule has 1 rings (SSSR count). The van der Waals surface area contributed by atoms with Crippen molar-refractivity contribution in [2.75, 3.05) is 7.11 Å². The molecule has 1 atom stereocenters. The topological polar surface area (TPSA) is 48.1 Å². The van der Waals surface area contributed by atoms with Gasteiger partial charge in [-0.3, -0.25) is 0 Å². The first-order valence-electron chi connectivity index (χ1n) is 4.45. The Kier molecular flexibility index (Phi) is 3.25. The Hall–Kier alpha value is -1.09. The van der Waals surface area contributed by atoms with Crippen LogP contribution in [0.2, 0.25) is 0 Å². The van der Waals surface area contributed by atoms with Gasteiger partial charge in [-0.2, -0.15) is 0 Å². The number of nitrogens with zero attached hydrogens (tertiary/aromatic N) is 1. The van der Waals surface area contributed by atoms with E-state index in [0.717, 1.165) is 17.5 Å². The lowest BCUT2D eigenvalue weighted by atomic mass is 10.0. The van der Waals surface area contributed by atoms with E-state index in [1.54, 1.807) is 13.3 Å². The van der Waals surface area contributed by atoms with Crippen molar-refractivity contribution in [1.29, 1.82) is 0 Å². The number of pyridine rings is 1. The minimum Gasteiger partial charge on any atom is -0.481 e. The molecule has 72 valence electrons. The first kappa shape index (κ1) is 9.99. The fourth-order valence-electron chi connectivity index (χ4n) is 1.26. The van der Waals surface area contributed by atoms with Crippen LogP contribution in [0.4, 0.5) is 0 Å². The quantitative estimate of drug-likeness (QED) is 0.771. The fraction of sp³-hybridized carbons (Fsp3) is 0.500. The van der Waals surface area contributed by atoms with Gasteiger partial charge < -0.3 is 10.5 Å². The second-order valence-electron chi connectivity index (χ2n) is 3.10. The average molecular weight is 180 g/mol. The van der Waals surface area contributed by atoms with Gasteiger partial charge in [0.2, 0.25) is 5.88 Å². The second-order valence-corrected chi connectivity index (χ2v) is 3.10. The Balaban J connectivity index is 2.98. The van der Waals surface area contributed by atoms with Crippen LogP contribution in [-0.4, -0.2) is 12.1 Å². The highest BCUT2D eigenvalue weighted by Crippen LogP contribution is 2.20. The van der Waals surface area contributed by atoms with Gasteiger partial charge in [0.25, 0.3) is 0 Å². The molecule has 3 nitrogen and oxygen atoms in total. The van der Waals surface area contributed by atoms with Gasteiger partial charge in [-0.05, 0) is 24.5 Å². The van der Waals surface area contributed by atoms with Gasteiger partial charge in [-0.15, -0.1) is 0 Å². The monoisotopic (exact) mass is 180 g/mol. The minimum atomic E-state index is 0.0819. The third-order valence-electron chi connectivity index (χ3n) is 2.17. The van der Waals surface area contributed by atoms with Crippen LogP contribution in [0.3, 0.4) is 0 Å². The van der Waals surface area contributed by atoms with E-state index in [2.05, 4.69) is 11.9 Å². The summed E-state index contributed by atoms with van der Waals surface area (Å²) in [5.74, 6) is 0.643. The number of methoxy groups -OCH3 is 1. The predicted molar refractivity (Wildman–Crippen MR) is 52.7 cm³/mol. The lowest BCUT2D eigenvalue weighted by Crippen LogP contribution is -2.10. The van der Waals surface area contributed by atoms with Crippen LogP contribution in [-0.2, 0) is 0 Å². The summed E-state index contributed by atoms with van der Waals surface area (Å²) in [5.41, 5.74) is 8.15. The van der Waals surface area contributed by atoms with Gasteiger partial charge in [0, 0.05) is 18.3 Å². The summed E-state index contributed by atoms with van der Waals surface area (Å²) in [4.78, 5) is 4.12. The van der Waals surface area contributed by atoms with E-state index < -0.39 is 0 Å². The van der Waals surface area contributed by atoms with Gasteiger partial charge in [0.05, 0.1) is 7.11 Å². The van der Waals surface area contributed by atoms with Crippen molar-refractivity contribution in [3.05, 3.63) is 23.4 Å². The van der Waals surface area contributed by atoms with Crippen LogP contribution in [0.25, 0.3) is 0 Å². The van der Waals surface area contributed by atoms with Crippen molar-refractivity contribution in [2.45, 2.75) is 26.3 Å². The molecule has 0 fully saturated rings. The Morgan fingerprint density at radius 3 is 2.77 bits per heavy atom. The van der Waals surface area contributed by atoms with E-state index in [9.17, 15) is 0 Å². The van der Waals surface area contributed by atoms with Gasteiger partial charge in [-0.25, -0.2) is 4.98 Å². The summed E-state index contributed by atoms with van der Waals surface area (Å²) in [7, 11) is 1.61. The number of hydrogen-bond donors (Lipinski definition) is 1. The van der Waals surface area contributed by atoms with Crippen LogP contribution in [0.15, 0.2) is 12.3 Å². The molecule has 0 amide bonds. The SMILES string of the molecule is CC[C@@H](N)c1cnc(OC)cc1C. The number of ether oxygens (including phenoxy) is 1. The van der Waals surface area contributed by atoms with Crippen LogP contribution >= 0.6 is 0 Å². The Morgan fingerprint density at radius 1 is 1.62 bits per heavy atom. The third kappa shape index (κ3) is 2.18. The highest BCUT2D eigenvalue weighted by Gasteiger charge is 2.07. The molecular weight excluding hydrogens is 164 g/mol. The molecule has 0 spiro atoms. The van der Waals surface area contributed by atoms with Crippen LogP contribution in [0.5, 0.6) is 5.88 Å². The van der Waals surface area contributed by atoms with Crippen molar-refractivity contribution < 1.29 is 4.74 Å². The van der Waals surface area contributed by atoms with Crippen LogP contribution < -0.4 is 10.5 Å². The molecule has 0 bridgehead atoms. The summed E-state index contributed by atoms with van der Waals surface area (Å²) in [6.45, 7) is 4.09. The number of aromatic nitrogens is 1. The second kappa shape index (κ2) is 4.23. The van der Waals surface area contributed by atoms with Gasteiger partial charge in [0.15, 0.2) is 0 Å². The Labute approximate surface area is 78.9 Å². The van der Waals surface area contributed by atoms with Gasteiger partial charge in [-0.1, -0.05) is 6.92 Å². The summed E-state index contributed by atoms with van der Waals surface area (Å²) >= 11 is 0. The Morgan fingerprint density at radius 2 is 2.31 bits per heavy atom. The van der Waals surface area contributed by atoms with E-state index in [-0.39, 0.29) is 6.04 Å². The maximum atomic E-state index is 5.91. The number of hydrogen-bond acceptors (Lipinski definition) is 3. The molecule has 0 aliphatic carbocycles. The molecule has 1 aromatic heterocycles. The standard InChI is InChI=1S/C10H16N2O/c1-4-9(11)8-6-12-10(13-3)5-7(8)2/h5-6,9H,4,11H2,1-3H3/t9-/m1/s1. The normalized spacial score (nSPS) is 12.6. The molecule has 0 saturated heterocycles. The lowest BCUT2D eigenvalue weighted by Gasteiger charge is -2.12. The van der Waals surface area contributed by atoms with E-state index >= 15 is 0 Å². The van der Waals surface area contributed by atoms with Crippen molar-refractivity contribution in [3.63, 3.8) is 0 Å². The fourth-order valence-corrected chi connectivity index (χ4v) is 1.26. The summed E-state index contributed by atoms with van der Waals surface area (Å²) in [6.07, 6.45) is 2.72. The molecule has 0 unspecified atom stereocenters. The summed E-state index contributed by atoms with van der Waals surface area (Å²) < 4.78 is 5.01. The number of nitrogens with two attached hydrogens (primary N) is 1. The molecule has 0 aliphatic heterocycles. The third-order valence-corrected chi connectivity index (χ3v) is 2.17. The number of rotatable bonds is 3. The molecule has 1 aromatic rings.